The van der Waals surface area contributed by atoms with Crippen LogP contribution >= 0.6 is 0 Å². The molecule has 70 heavy (non-hydrogen) atoms. The molecule has 0 radical (unpaired) electrons. The van der Waals surface area contributed by atoms with E-state index in [4.69, 9.17) is 4.42 Å². The predicted molar refractivity (Wildman–Crippen MR) is 297 cm³/mol. The van der Waals surface area contributed by atoms with Gasteiger partial charge in [-0.3, -0.25) is 0 Å². The number of allylic oxidation sites excluding steroid dienone is 4. The minimum absolute atomic E-state index is 0.894. The van der Waals surface area contributed by atoms with Crippen molar-refractivity contribution in [2.24, 2.45) is 0 Å². The van der Waals surface area contributed by atoms with Crippen LogP contribution in [-0.2, 0) is 0 Å². The maximum atomic E-state index is 7.25. The minimum atomic E-state index is 0.894. The minimum Gasteiger partial charge on any atom is -0.455 e. The first kappa shape index (κ1) is 40.1. The molecule has 2 heteroatoms. The number of para-hydroxylation sites is 1. The van der Waals surface area contributed by atoms with Crippen molar-refractivity contribution in [1.29, 1.82) is 0 Å². The van der Waals surface area contributed by atoms with Crippen LogP contribution in [0.3, 0.4) is 0 Å². The molecule has 0 saturated heterocycles. The first-order valence-electron chi connectivity index (χ1n) is 24.4. The number of nitrogens with zero attached hydrogens (tertiary/aromatic N) is 1. The fraction of sp³-hybridized carbons (Fsp3) is 0.0294. The van der Waals surface area contributed by atoms with Gasteiger partial charge < -0.3 is 8.98 Å². The lowest BCUT2D eigenvalue weighted by atomic mass is 9.86. The van der Waals surface area contributed by atoms with Crippen LogP contribution < -0.4 is 0 Å². The van der Waals surface area contributed by atoms with Gasteiger partial charge in [-0.1, -0.05) is 200 Å². The first-order chi connectivity index (χ1) is 34.7. The van der Waals surface area contributed by atoms with E-state index in [9.17, 15) is 0 Å². The highest BCUT2D eigenvalue weighted by atomic mass is 16.3. The highest BCUT2D eigenvalue weighted by Gasteiger charge is 2.22. The summed E-state index contributed by atoms with van der Waals surface area (Å²) in [5.41, 5.74) is 19.4. The van der Waals surface area contributed by atoms with Crippen molar-refractivity contribution in [3.8, 4) is 61.3 Å². The molecular weight excluding hydrogens is 847 g/mol. The summed E-state index contributed by atoms with van der Waals surface area (Å²) < 4.78 is 9.69. The number of fused-ring (bicyclic) bond motifs is 8. The van der Waals surface area contributed by atoms with Gasteiger partial charge in [-0.2, -0.15) is 0 Å². The Labute approximate surface area is 406 Å². The molecule has 0 amide bonds. The lowest BCUT2D eigenvalue weighted by Crippen LogP contribution is -1.95. The molecule has 2 nitrogen and oxygen atoms in total. The summed E-state index contributed by atoms with van der Waals surface area (Å²) in [6.45, 7) is 0. The van der Waals surface area contributed by atoms with Crippen molar-refractivity contribution in [1.82, 2.24) is 4.57 Å². The van der Waals surface area contributed by atoms with E-state index in [-0.39, 0.29) is 0 Å². The number of hydrogen-bond donors (Lipinski definition) is 0. The van der Waals surface area contributed by atoms with Crippen LogP contribution in [0.1, 0.15) is 18.4 Å². The maximum Gasteiger partial charge on any atom is 0.143 e. The molecule has 0 bridgehead atoms. The van der Waals surface area contributed by atoms with Gasteiger partial charge >= 0.3 is 0 Å². The number of hydrogen-bond acceptors (Lipinski definition) is 1. The Kier molecular flexibility index (Phi) is 9.38. The Morgan fingerprint density at radius 3 is 1.41 bits per heavy atom. The van der Waals surface area contributed by atoms with Gasteiger partial charge in [0.15, 0.2) is 0 Å². The Hall–Kier alpha value is -8.98. The predicted octanol–water partition coefficient (Wildman–Crippen LogP) is 19.1. The van der Waals surface area contributed by atoms with E-state index < -0.39 is 0 Å². The zero-order valence-corrected chi connectivity index (χ0v) is 38.4. The van der Waals surface area contributed by atoms with Crippen LogP contribution in [0.5, 0.6) is 0 Å². The van der Waals surface area contributed by atoms with Gasteiger partial charge in [0.1, 0.15) is 11.2 Å². The van der Waals surface area contributed by atoms with Gasteiger partial charge in [-0.25, -0.2) is 0 Å². The van der Waals surface area contributed by atoms with E-state index in [1.807, 2.05) is 0 Å². The third-order valence-corrected chi connectivity index (χ3v) is 14.6. The van der Waals surface area contributed by atoms with Gasteiger partial charge in [-0.15, -0.1) is 0 Å². The van der Waals surface area contributed by atoms with Gasteiger partial charge in [0.2, 0.25) is 0 Å². The van der Waals surface area contributed by atoms with Gasteiger partial charge in [0, 0.05) is 38.4 Å². The molecule has 0 saturated carbocycles. The largest absolute Gasteiger partial charge is 0.455 e. The number of rotatable bonds is 7. The Balaban J connectivity index is 0.975. The Morgan fingerprint density at radius 2 is 0.800 bits per heavy atom. The van der Waals surface area contributed by atoms with Crippen LogP contribution in [0.25, 0.3) is 132 Å². The standard InChI is InChI=1S/C68H45NO/c1-5-19-44(20-6-1)50-39-59(46-23-9-3-10-24-46)67-61(41-50)62-42-51(45-21-7-2-8-22-45)40-60(68(62)70-67)49-35-38-54-53-27-17-18-32-63(53)69(64(54)43-49)52-36-33-48(34-37-52)66-57-30-15-13-28-55(57)65(47-25-11-4-12-26-47)56-29-14-16-31-58(56)66/h1,3-7,9-43H,2,8H2. The normalized spacial score (nSPS) is 12.8. The van der Waals surface area contributed by atoms with Gasteiger partial charge in [-0.05, 0) is 139 Å². The van der Waals surface area contributed by atoms with Crippen molar-refractivity contribution in [3.63, 3.8) is 0 Å². The molecule has 328 valence electrons. The molecule has 2 heterocycles. The second-order valence-electron chi connectivity index (χ2n) is 18.6. The van der Waals surface area contributed by atoms with Crippen LogP contribution in [0.4, 0.5) is 0 Å². The van der Waals surface area contributed by atoms with Gasteiger partial charge in [0.25, 0.3) is 0 Å². The molecule has 2 aromatic heterocycles. The van der Waals surface area contributed by atoms with E-state index in [0.29, 0.717) is 0 Å². The maximum absolute atomic E-state index is 7.25. The molecule has 0 N–H and O–H groups in total. The third kappa shape index (κ3) is 6.49. The van der Waals surface area contributed by atoms with E-state index in [1.54, 1.807) is 0 Å². The molecule has 0 fully saturated rings. The summed E-state index contributed by atoms with van der Waals surface area (Å²) in [6.07, 6.45) is 9.05. The monoisotopic (exact) mass is 891 g/mol. The van der Waals surface area contributed by atoms with E-state index in [2.05, 4.69) is 253 Å². The Morgan fingerprint density at radius 1 is 0.314 bits per heavy atom. The summed E-state index contributed by atoms with van der Waals surface area (Å²) in [5, 5.41) is 9.68. The molecule has 11 aromatic carbocycles. The van der Waals surface area contributed by atoms with Crippen LogP contribution in [0, 0.1) is 0 Å². The quantitative estimate of drug-likeness (QED) is 0.146. The summed E-state index contributed by atoms with van der Waals surface area (Å²) in [7, 11) is 0. The van der Waals surface area contributed by atoms with Gasteiger partial charge in [0.05, 0.1) is 11.0 Å². The van der Waals surface area contributed by atoms with Crippen molar-refractivity contribution in [2.45, 2.75) is 12.8 Å². The summed E-state index contributed by atoms with van der Waals surface area (Å²) in [6, 6.07) is 84.4. The van der Waals surface area contributed by atoms with E-state index >= 15 is 0 Å². The van der Waals surface area contributed by atoms with E-state index in [0.717, 1.165) is 68.2 Å². The van der Waals surface area contributed by atoms with Crippen molar-refractivity contribution >= 4 is 70.9 Å². The lowest BCUT2D eigenvalue weighted by Gasteiger charge is -2.18. The molecule has 1 aliphatic carbocycles. The van der Waals surface area contributed by atoms with Crippen molar-refractivity contribution < 1.29 is 4.42 Å². The molecule has 0 unspecified atom stereocenters. The number of aromatic nitrogens is 1. The van der Waals surface area contributed by atoms with E-state index in [1.165, 1.54) is 82.4 Å². The summed E-state index contributed by atoms with van der Waals surface area (Å²) in [4.78, 5) is 0. The lowest BCUT2D eigenvalue weighted by molar-refractivity contribution is 0.671. The SMILES string of the molecule is C1=CC(c2cc(-c3ccc4c5ccccc5n(-c5ccc(-c6c7ccccc7c(-c7ccccc7)c7ccccc67)cc5)c4c3)c3oc4c(-c5ccccc5)cc(-c5ccccc5)cc4c3c2)=CCC1. The van der Waals surface area contributed by atoms with Crippen molar-refractivity contribution in [3.05, 3.63) is 254 Å². The summed E-state index contributed by atoms with van der Waals surface area (Å²) in [5.74, 6) is 0. The van der Waals surface area contributed by atoms with Crippen LogP contribution in [0.2, 0.25) is 0 Å². The highest BCUT2D eigenvalue weighted by Crippen LogP contribution is 2.47. The highest BCUT2D eigenvalue weighted by molar-refractivity contribution is 6.22. The van der Waals surface area contributed by atoms with Crippen LogP contribution in [0.15, 0.2) is 253 Å². The average Bonchev–Trinajstić information content (AvgIpc) is 3.98. The molecule has 0 atom stereocenters. The molecule has 0 aliphatic heterocycles. The average molecular weight is 892 g/mol. The first-order valence-corrected chi connectivity index (χ1v) is 24.4. The van der Waals surface area contributed by atoms with Crippen molar-refractivity contribution in [2.75, 3.05) is 0 Å². The second-order valence-corrected chi connectivity index (χ2v) is 18.6. The summed E-state index contributed by atoms with van der Waals surface area (Å²) >= 11 is 0. The zero-order chi connectivity index (χ0) is 46.1. The molecule has 0 spiro atoms. The number of benzene rings is 11. The van der Waals surface area contributed by atoms with Crippen LogP contribution in [-0.4, -0.2) is 4.57 Å². The molecule has 14 rings (SSSR count). The third-order valence-electron chi connectivity index (χ3n) is 14.6. The Bertz CT molecular complexity index is 4190. The molecule has 1 aliphatic rings. The molecule has 13 aromatic rings. The fourth-order valence-electron chi connectivity index (χ4n) is 11.4. The zero-order valence-electron chi connectivity index (χ0n) is 38.4. The molecular formula is C68H45NO. The fourth-order valence-corrected chi connectivity index (χ4v) is 11.4. The second kappa shape index (κ2) is 16.4. The number of furan rings is 1. The topological polar surface area (TPSA) is 18.1 Å². The smallest absolute Gasteiger partial charge is 0.143 e.